The van der Waals surface area contributed by atoms with Crippen molar-refractivity contribution < 1.29 is 23.8 Å². The second-order valence-electron chi connectivity index (χ2n) is 5.52. The van der Waals surface area contributed by atoms with Crippen LogP contribution in [0.15, 0.2) is 42.5 Å². The Morgan fingerprint density at radius 1 is 1.04 bits per heavy atom. The van der Waals surface area contributed by atoms with Crippen molar-refractivity contribution >= 4 is 46.8 Å². The van der Waals surface area contributed by atoms with Crippen LogP contribution >= 0.6 is 23.2 Å². The van der Waals surface area contributed by atoms with Crippen molar-refractivity contribution in [3.63, 3.8) is 0 Å². The largest absolute Gasteiger partial charge is 0.486 e. The number of hydrogen-bond donors (Lipinski definition) is 1. The van der Waals surface area contributed by atoms with Gasteiger partial charge in [-0.05, 0) is 35.9 Å². The Balaban J connectivity index is 1.49. The van der Waals surface area contributed by atoms with Gasteiger partial charge in [-0.25, -0.2) is 4.79 Å². The van der Waals surface area contributed by atoms with Gasteiger partial charge in [0.25, 0.3) is 5.91 Å². The maximum atomic E-state index is 11.9. The van der Waals surface area contributed by atoms with Crippen LogP contribution in [0.5, 0.6) is 11.5 Å². The summed E-state index contributed by atoms with van der Waals surface area (Å²) in [6.07, 6.45) is 2.72. The predicted molar refractivity (Wildman–Crippen MR) is 103 cm³/mol. The van der Waals surface area contributed by atoms with E-state index < -0.39 is 18.5 Å². The molecule has 0 aromatic heterocycles. The Labute approximate surface area is 165 Å². The van der Waals surface area contributed by atoms with Gasteiger partial charge < -0.3 is 19.5 Å². The van der Waals surface area contributed by atoms with Crippen molar-refractivity contribution in [2.45, 2.75) is 0 Å². The van der Waals surface area contributed by atoms with Gasteiger partial charge in [0, 0.05) is 17.8 Å². The number of carbonyl (C=O) groups excluding carboxylic acids is 2. The number of amides is 1. The molecule has 2 aromatic carbocycles. The fourth-order valence-electron chi connectivity index (χ4n) is 2.28. The number of anilines is 1. The zero-order valence-electron chi connectivity index (χ0n) is 14.0. The standard InChI is InChI=1S/C19H15Cl2NO5/c20-14-4-1-12(9-15(14)21)2-6-19(24)27-11-18(23)22-13-3-5-16-17(10-13)26-8-7-25-16/h1-6,9-10H,7-8,11H2,(H,22,23). The Morgan fingerprint density at radius 3 is 2.59 bits per heavy atom. The maximum Gasteiger partial charge on any atom is 0.331 e. The van der Waals surface area contributed by atoms with E-state index in [1.165, 1.54) is 12.2 Å². The molecule has 0 spiro atoms. The third-order valence-electron chi connectivity index (χ3n) is 3.53. The lowest BCUT2D eigenvalue weighted by Crippen LogP contribution is -2.20. The molecule has 140 valence electrons. The van der Waals surface area contributed by atoms with Crippen LogP contribution in [0.25, 0.3) is 6.08 Å². The third kappa shape index (κ3) is 5.39. The van der Waals surface area contributed by atoms with Crippen molar-refractivity contribution in [2.24, 2.45) is 0 Å². The van der Waals surface area contributed by atoms with Gasteiger partial charge in [0.1, 0.15) is 13.2 Å². The van der Waals surface area contributed by atoms with Crippen molar-refractivity contribution in [1.82, 2.24) is 0 Å². The molecule has 3 rings (SSSR count). The summed E-state index contributed by atoms with van der Waals surface area (Å²) in [5.41, 5.74) is 1.20. The molecule has 27 heavy (non-hydrogen) atoms. The Hall–Kier alpha value is -2.70. The topological polar surface area (TPSA) is 73.9 Å². The molecule has 1 N–H and O–H groups in total. The number of nitrogens with one attached hydrogen (secondary N) is 1. The van der Waals surface area contributed by atoms with E-state index in [9.17, 15) is 9.59 Å². The summed E-state index contributed by atoms with van der Waals surface area (Å²) in [7, 11) is 0. The highest BCUT2D eigenvalue weighted by molar-refractivity contribution is 6.42. The average Bonchev–Trinajstić information content (AvgIpc) is 2.67. The van der Waals surface area contributed by atoms with E-state index in [4.69, 9.17) is 37.4 Å². The van der Waals surface area contributed by atoms with Crippen LogP contribution in [0, 0.1) is 0 Å². The van der Waals surface area contributed by atoms with Crippen LogP contribution in [0.2, 0.25) is 10.0 Å². The molecule has 1 heterocycles. The lowest BCUT2D eigenvalue weighted by molar-refractivity contribution is -0.142. The number of ether oxygens (including phenoxy) is 3. The van der Waals surface area contributed by atoms with E-state index in [1.807, 2.05) is 0 Å². The zero-order chi connectivity index (χ0) is 19.2. The molecule has 0 bridgehead atoms. The van der Waals surface area contributed by atoms with Gasteiger partial charge in [-0.1, -0.05) is 29.3 Å². The highest BCUT2D eigenvalue weighted by Gasteiger charge is 2.13. The number of esters is 1. The molecule has 0 radical (unpaired) electrons. The van der Waals surface area contributed by atoms with E-state index in [-0.39, 0.29) is 0 Å². The van der Waals surface area contributed by atoms with Crippen LogP contribution in [-0.2, 0) is 14.3 Å². The van der Waals surface area contributed by atoms with E-state index in [1.54, 1.807) is 36.4 Å². The van der Waals surface area contributed by atoms with Gasteiger partial charge in [-0.3, -0.25) is 4.79 Å². The van der Waals surface area contributed by atoms with Crippen molar-refractivity contribution in [3.8, 4) is 11.5 Å². The second-order valence-corrected chi connectivity index (χ2v) is 6.34. The minimum absolute atomic E-state index is 0.381. The normalized spacial score (nSPS) is 12.7. The second kappa shape index (κ2) is 8.79. The first-order valence-corrected chi connectivity index (χ1v) is 8.76. The highest BCUT2D eigenvalue weighted by atomic mass is 35.5. The summed E-state index contributed by atoms with van der Waals surface area (Å²) in [5.74, 6) is 0.0556. The van der Waals surface area contributed by atoms with Crippen LogP contribution in [0.3, 0.4) is 0 Å². The van der Waals surface area contributed by atoms with E-state index in [0.29, 0.717) is 46.0 Å². The van der Waals surface area contributed by atoms with Crippen molar-refractivity contribution in [3.05, 3.63) is 58.1 Å². The summed E-state index contributed by atoms with van der Waals surface area (Å²) >= 11 is 11.7. The van der Waals surface area contributed by atoms with E-state index in [0.717, 1.165) is 0 Å². The molecule has 1 aliphatic rings. The predicted octanol–water partition coefficient (Wildman–Crippen LogP) is 3.96. The lowest BCUT2D eigenvalue weighted by Gasteiger charge is -2.18. The van der Waals surface area contributed by atoms with Crippen LogP contribution in [0.1, 0.15) is 5.56 Å². The Kier molecular flexibility index (Phi) is 6.21. The first-order valence-electron chi connectivity index (χ1n) is 8.00. The summed E-state index contributed by atoms with van der Waals surface area (Å²) in [6.45, 7) is 0.524. The fraction of sp³-hybridized carbons (Fsp3) is 0.158. The Morgan fingerprint density at radius 2 is 1.81 bits per heavy atom. The molecule has 6 nitrogen and oxygen atoms in total. The molecule has 0 unspecified atom stereocenters. The molecule has 0 atom stereocenters. The van der Waals surface area contributed by atoms with Gasteiger partial charge in [-0.2, -0.15) is 0 Å². The summed E-state index contributed by atoms with van der Waals surface area (Å²) in [4.78, 5) is 23.7. The molecular formula is C19H15Cl2NO5. The van der Waals surface area contributed by atoms with Crippen LogP contribution in [-0.4, -0.2) is 31.7 Å². The lowest BCUT2D eigenvalue weighted by atomic mass is 10.2. The summed E-state index contributed by atoms with van der Waals surface area (Å²) < 4.78 is 15.8. The molecule has 8 heteroatoms. The molecule has 1 aliphatic heterocycles. The molecule has 1 amide bonds. The van der Waals surface area contributed by atoms with Gasteiger partial charge >= 0.3 is 5.97 Å². The van der Waals surface area contributed by atoms with Gasteiger partial charge in [-0.15, -0.1) is 0 Å². The summed E-state index contributed by atoms with van der Waals surface area (Å²) in [5, 5.41) is 3.43. The molecule has 2 aromatic rings. The molecule has 0 saturated heterocycles. The average molecular weight is 408 g/mol. The van der Waals surface area contributed by atoms with Crippen LogP contribution in [0.4, 0.5) is 5.69 Å². The van der Waals surface area contributed by atoms with Crippen LogP contribution < -0.4 is 14.8 Å². The number of rotatable bonds is 5. The third-order valence-corrected chi connectivity index (χ3v) is 4.27. The Bertz CT molecular complexity index is 898. The van der Waals surface area contributed by atoms with Crippen molar-refractivity contribution in [1.29, 1.82) is 0 Å². The molecule has 0 aliphatic carbocycles. The van der Waals surface area contributed by atoms with E-state index >= 15 is 0 Å². The molecular weight excluding hydrogens is 393 g/mol. The smallest absolute Gasteiger partial charge is 0.331 e. The van der Waals surface area contributed by atoms with E-state index in [2.05, 4.69) is 5.32 Å². The quantitative estimate of drug-likeness (QED) is 0.599. The van der Waals surface area contributed by atoms with Gasteiger partial charge in [0.15, 0.2) is 18.1 Å². The van der Waals surface area contributed by atoms with Crippen molar-refractivity contribution in [2.75, 3.05) is 25.1 Å². The number of benzene rings is 2. The minimum Gasteiger partial charge on any atom is -0.486 e. The van der Waals surface area contributed by atoms with Gasteiger partial charge in [0.2, 0.25) is 0 Å². The minimum atomic E-state index is -0.654. The number of hydrogen-bond acceptors (Lipinski definition) is 5. The number of halogens is 2. The molecule has 0 saturated carbocycles. The van der Waals surface area contributed by atoms with Gasteiger partial charge in [0.05, 0.1) is 10.0 Å². The number of carbonyl (C=O) groups is 2. The first-order chi connectivity index (χ1) is 13.0. The first kappa shape index (κ1) is 19.1. The zero-order valence-corrected chi connectivity index (χ0v) is 15.5. The number of fused-ring (bicyclic) bond motifs is 1. The highest BCUT2D eigenvalue weighted by Crippen LogP contribution is 2.32. The summed E-state index contributed by atoms with van der Waals surface area (Å²) in [6, 6.07) is 9.97. The fourth-order valence-corrected chi connectivity index (χ4v) is 2.59. The maximum absolute atomic E-state index is 11.9. The SMILES string of the molecule is O=C(COC(=O)C=Cc1ccc(Cl)c(Cl)c1)Nc1ccc2c(c1)OCCO2. The molecule has 0 fully saturated rings. The monoisotopic (exact) mass is 407 g/mol.